The first-order chi connectivity index (χ1) is 12.4. The predicted octanol–water partition coefficient (Wildman–Crippen LogP) is 2.02. The van der Waals surface area contributed by atoms with Crippen LogP contribution in [0.5, 0.6) is 0 Å². The number of amides is 1. The Bertz CT molecular complexity index is 792. The van der Waals surface area contributed by atoms with Crippen molar-refractivity contribution in [3.05, 3.63) is 35.2 Å². The van der Waals surface area contributed by atoms with Crippen molar-refractivity contribution in [2.24, 2.45) is 0 Å². The zero-order valence-electron chi connectivity index (χ0n) is 14.1. The van der Waals surface area contributed by atoms with Crippen LogP contribution >= 0.6 is 11.6 Å². The van der Waals surface area contributed by atoms with Crippen molar-refractivity contribution in [3.8, 4) is 11.4 Å². The van der Waals surface area contributed by atoms with Crippen molar-refractivity contribution in [2.75, 3.05) is 13.1 Å². The molecule has 0 radical (unpaired) electrons. The number of morpholine rings is 1. The summed E-state index contributed by atoms with van der Waals surface area (Å²) in [5.41, 5.74) is 0.766. The Kier molecular flexibility index (Phi) is 5.53. The Hall–Kier alpha value is -2.45. The highest BCUT2D eigenvalue weighted by molar-refractivity contribution is 6.30. The monoisotopic (exact) mass is 379 g/mol. The highest BCUT2D eigenvalue weighted by atomic mass is 35.5. The highest BCUT2D eigenvalue weighted by Crippen LogP contribution is 2.19. The van der Waals surface area contributed by atoms with Gasteiger partial charge in [0.1, 0.15) is 0 Å². The first-order valence-electron chi connectivity index (χ1n) is 8.17. The van der Waals surface area contributed by atoms with Gasteiger partial charge in [-0.25, -0.2) is 4.79 Å². The molecule has 1 aliphatic rings. The maximum Gasteiger partial charge on any atom is 0.334 e. The molecule has 0 spiro atoms. The van der Waals surface area contributed by atoms with E-state index < -0.39 is 12.1 Å². The summed E-state index contributed by atoms with van der Waals surface area (Å²) >= 11 is 5.85. The van der Waals surface area contributed by atoms with Crippen LogP contribution in [0, 0.1) is 0 Å². The number of carboxylic acids is 1. The lowest BCUT2D eigenvalue weighted by Gasteiger charge is -2.34. The van der Waals surface area contributed by atoms with E-state index in [1.807, 2.05) is 0 Å². The summed E-state index contributed by atoms with van der Waals surface area (Å²) in [6.07, 6.45) is -0.888. The van der Waals surface area contributed by atoms with Crippen LogP contribution in [0.15, 0.2) is 28.8 Å². The fourth-order valence-electron chi connectivity index (χ4n) is 2.74. The number of ether oxygens (including phenoxy) is 1. The molecule has 3 rings (SSSR count). The van der Waals surface area contributed by atoms with Crippen molar-refractivity contribution in [3.63, 3.8) is 0 Å². The van der Waals surface area contributed by atoms with Crippen LogP contribution in [0.1, 0.15) is 19.2 Å². The topological polar surface area (TPSA) is 106 Å². The molecule has 1 amide bonds. The molecule has 8 nitrogen and oxygen atoms in total. The van der Waals surface area contributed by atoms with Gasteiger partial charge >= 0.3 is 5.97 Å². The van der Waals surface area contributed by atoms with Crippen LogP contribution in [0.3, 0.4) is 0 Å². The molecule has 1 N–H and O–H groups in total. The van der Waals surface area contributed by atoms with E-state index in [9.17, 15) is 9.59 Å². The van der Waals surface area contributed by atoms with Gasteiger partial charge in [-0.15, -0.1) is 0 Å². The van der Waals surface area contributed by atoms with E-state index in [1.54, 1.807) is 31.2 Å². The fourth-order valence-corrected chi connectivity index (χ4v) is 2.86. The van der Waals surface area contributed by atoms with Crippen LogP contribution in [0.2, 0.25) is 5.02 Å². The van der Waals surface area contributed by atoms with Crippen molar-refractivity contribution in [2.45, 2.75) is 32.0 Å². The number of aliphatic carboxylic acids is 1. The number of hydrogen-bond acceptors (Lipinski definition) is 6. The number of carbonyl (C=O) groups excluding carboxylic acids is 1. The molecule has 2 heterocycles. The molecule has 1 unspecified atom stereocenters. The maximum atomic E-state index is 12.4. The third-order valence-electron chi connectivity index (χ3n) is 4.01. The van der Waals surface area contributed by atoms with Gasteiger partial charge in [-0.3, -0.25) is 4.79 Å². The van der Waals surface area contributed by atoms with Crippen molar-refractivity contribution in [1.29, 1.82) is 0 Å². The van der Waals surface area contributed by atoms with Crippen LogP contribution < -0.4 is 0 Å². The number of hydrogen-bond donors (Lipinski definition) is 1. The van der Waals surface area contributed by atoms with E-state index in [2.05, 4.69) is 10.1 Å². The molecule has 0 bridgehead atoms. The zero-order chi connectivity index (χ0) is 18.7. The van der Waals surface area contributed by atoms with Crippen LogP contribution in [0.25, 0.3) is 11.4 Å². The molecule has 9 heteroatoms. The molecule has 2 atom stereocenters. The molecule has 0 saturated carbocycles. The number of halogens is 1. The smallest absolute Gasteiger partial charge is 0.334 e. The second-order valence-corrected chi connectivity index (χ2v) is 6.53. The Morgan fingerprint density at radius 2 is 2.04 bits per heavy atom. The Morgan fingerprint density at radius 1 is 1.31 bits per heavy atom. The maximum absolute atomic E-state index is 12.4. The van der Waals surface area contributed by atoms with E-state index in [0.717, 1.165) is 5.56 Å². The first kappa shape index (κ1) is 18.3. The van der Waals surface area contributed by atoms with Crippen LogP contribution in [-0.2, 0) is 20.7 Å². The number of carboxylic acid groups (broad SMARTS) is 1. The molecule has 1 saturated heterocycles. The number of aryl methyl sites for hydroxylation is 1. The molecule has 138 valence electrons. The van der Waals surface area contributed by atoms with Gasteiger partial charge in [-0.2, -0.15) is 4.98 Å². The Labute approximate surface area is 154 Å². The van der Waals surface area contributed by atoms with E-state index in [0.29, 0.717) is 23.3 Å². The standard InChI is InChI=1S/C17H18ClN3O5/c1-10-8-21(9-13(25-10)17(23)24)15(22)7-6-14-19-16(20-26-14)11-2-4-12(18)5-3-11/h2-5,10,13H,6-9H2,1H3,(H,23,24)/t10-,13?/m1/s1. The minimum absolute atomic E-state index is 0.0400. The predicted molar refractivity (Wildman–Crippen MR) is 91.6 cm³/mol. The Balaban J connectivity index is 1.58. The van der Waals surface area contributed by atoms with E-state index in [4.69, 9.17) is 26.0 Å². The summed E-state index contributed by atoms with van der Waals surface area (Å²) in [6, 6.07) is 7.02. The van der Waals surface area contributed by atoms with Gasteiger partial charge < -0.3 is 19.3 Å². The lowest BCUT2D eigenvalue weighted by atomic mass is 10.2. The van der Waals surface area contributed by atoms with Crippen molar-refractivity contribution < 1.29 is 24.0 Å². The van der Waals surface area contributed by atoms with Gasteiger partial charge in [-0.1, -0.05) is 16.8 Å². The third-order valence-corrected chi connectivity index (χ3v) is 4.26. The van der Waals surface area contributed by atoms with E-state index in [-0.39, 0.29) is 31.4 Å². The fraction of sp³-hybridized carbons (Fsp3) is 0.412. The molecule has 2 aromatic rings. The molecule has 26 heavy (non-hydrogen) atoms. The van der Waals surface area contributed by atoms with Gasteiger partial charge in [0.2, 0.25) is 17.6 Å². The first-order valence-corrected chi connectivity index (χ1v) is 8.54. The SMILES string of the molecule is C[C@@H]1CN(C(=O)CCc2nc(-c3ccc(Cl)cc3)no2)CC(C(=O)O)O1. The van der Waals surface area contributed by atoms with E-state index >= 15 is 0 Å². The zero-order valence-corrected chi connectivity index (χ0v) is 14.8. The lowest BCUT2D eigenvalue weighted by molar-refractivity contribution is -0.166. The average molecular weight is 380 g/mol. The van der Waals surface area contributed by atoms with Gasteiger partial charge in [-0.05, 0) is 31.2 Å². The normalized spacial score (nSPS) is 20.2. The summed E-state index contributed by atoms with van der Waals surface area (Å²) in [7, 11) is 0. The third kappa shape index (κ3) is 4.39. The second-order valence-electron chi connectivity index (χ2n) is 6.09. The number of nitrogens with zero attached hydrogens (tertiary/aromatic N) is 3. The van der Waals surface area contributed by atoms with E-state index in [1.165, 1.54) is 4.90 Å². The minimum Gasteiger partial charge on any atom is -0.479 e. The largest absolute Gasteiger partial charge is 0.479 e. The number of rotatable bonds is 5. The molecule has 1 aromatic heterocycles. The second kappa shape index (κ2) is 7.84. The van der Waals surface area contributed by atoms with Crippen LogP contribution in [-0.4, -0.2) is 57.3 Å². The summed E-state index contributed by atoms with van der Waals surface area (Å²) in [6.45, 7) is 2.15. The lowest BCUT2D eigenvalue weighted by Crippen LogP contribution is -2.51. The van der Waals surface area contributed by atoms with Gasteiger partial charge in [0.15, 0.2) is 6.10 Å². The van der Waals surface area contributed by atoms with Crippen molar-refractivity contribution in [1.82, 2.24) is 15.0 Å². The quantitative estimate of drug-likeness (QED) is 0.847. The highest BCUT2D eigenvalue weighted by Gasteiger charge is 2.32. The summed E-state index contributed by atoms with van der Waals surface area (Å²) in [4.78, 5) is 29.3. The number of aromatic nitrogens is 2. The van der Waals surface area contributed by atoms with Gasteiger partial charge in [0, 0.05) is 30.0 Å². The summed E-state index contributed by atoms with van der Waals surface area (Å²) < 4.78 is 10.5. The van der Waals surface area contributed by atoms with Gasteiger partial charge in [0.25, 0.3) is 0 Å². The van der Waals surface area contributed by atoms with Crippen LogP contribution in [0.4, 0.5) is 0 Å². The summed E-state index contributed by atoms with van der Waals surface area (Å²) in [5.74, 6) is -0.467. The average Bonchev–Trinajstić information content (AvgIpc) is 3.08. The minimum atomic E-state index is -1.07. The molecule has 1 aromatic carbocycles. The molecule has 1 fully saturated rings. The molecule has 0 aliphatic carbocycles. The van der Waals surface area contributed by atoms with Gasteiger partial charge in [0.05, 0.1) is 12.6 Å². The molecular weight excluding hydrogens is 362 g/mol. The molecular formula is C17H18ClN3O5. The Morgan fingerprint density at radius 3 is 2.73 bits per heavy atom. The summed E-state index contributed by atoms with van der Waals surface area (Å²) in [5, 5.41) is 13.6. The number of carbonyl (C=O) groups is 2. The molecule has 1 aliphatic heterocycles. The van der Waals surface area contributed by atoms with Crippen molar-refractivity contribution >= 4 is 23.5 Å². The number of benzene rings is 1.